The molecule has 0 saturated heterocycles. The fourth-order valence-electron chi connectivity index (χ4n) is 4.07. The van der Waals surface area contributed by atoms with Crippen molar-refractivity contribution >= 4 is 11.7 Å². The normalized spacial score (nSPS) is 15.0. The van der Waals surface area contributed by atoms with Gasteiger partial charge in [0.1, 0.15) is 35.5 Å². The number of carbonyl (C=O) groups excluding carboxylic acids is 1. The van der Waals surface area contributed by atoms with E-state index in [9.17, 15) is 4.79 Å². The van der Waals surface area contributed by atoms with E-state index in [2.05, 4.69) is 23.2 Å². The van der Waals surface area contributed by atoms with Gasteiger partial charge in [0.15, 0.2) is 5.76 Å². The topological polar surface area (TPSA) is 92.3 Å². The molecule has 2 aliphatic rings. The fraction of sp³-hybridized carbons (Fsp3) is 0.148. The molecule has 1 amide bonds. The number of rotatable bonds is 6. The van der Waals surface area contributed by atoms with E-state index in [1.54, 1.807) is 30.9 Å². The van der Waals surface area contributed by atoms with E-state index >= 15 is 0 Å². The monoisotopic (exact) mass is 452 g/mol. The van der Waals surface area contributed by atoms with Gasteiger partial charge in [-0.25, -0.2) is 4.98 Å². The van der Waals surface area contributed by atoms with Gasteiger partial charge in [0.2, 0.25) is 5.91 Å². The smallest absolute Gasteiger partial charge is 0.248 e. The van der Waals surface area contributed by atoms with Crippen molar-refractivity contribution in [1.82, 2.24) is 14.5 Å². The lowest BCUT2D eigenvalue weighted by Gasteiger charge is -2.19. The van der Waals surface area contributed by atoms with E-state index in [-0.39, 0.29) is 0 Å². The maximum Gasteiger partial charge on any atom is 0.248 e. The molecular weight excluding hydrogens is 428 g/mol. The number of carbonyl (C=O) groups is 1. The molecule has 1 aromatic carbocycles. The zero-order valence-corrected chi connectivity index (χ0v) is 18.8. The number of hydrogen-bond donors (Lipinski definition) is 1. The Morgan fingerprint density at radius 2 is 2.00 bits per heavy atom. The summed E-state index contributed by atoms with van der Waals surface area (Å²) in [4.78, 5) is 20.9. The van der Waals surface area contributed by atoms with Gasteiger partial charge in [-0.2, -0.15) is 0 Å². The molecule has 5 rings (SSSR count). The molecule has 2 aromatic heterocycles. The second kappa shape index (κ2) is 9.23. The second-order valence-electron chi connectivity index (χ2n) is 8.12. The molecule has 1 aliphatic carbocycles. The molecule has 0 radical (unpaired) electrons. The summed E-state index contributed by atoms with van der Waals surface area (Å²) in [7, 11) is 1.92. The van der Waals surface area contributed by atoms with E-state index in [4.69, 9.17) is 20.2 Å². The maximum atomic E-state index is 11.5. The van der Waals surface area contributed by atoms with Gasteiger partial charge in [0, 0.05) is 30.8 Å². The van der Waals surface area contributed by atoms with Gasteiger partial charge >= 0.3 is 0 Å². The number of benzene rings is 1. The summed E-state index contributed by atoms with van der Waals surface area (Å²) < 4.78 is 13.9. The van der Waals surface area contributed by atoms with Crippen molar-refractivity contribution in [1.29, 1.82) is 0 Å². The molecule has 0 bridgehead atoms. The Kier molecular flexibility index (Phi) is 5.82. The number of amides is 1. The van der Waals surface area contributed by atoms with Gasteiger partial charge in [-0.05, 0) is 37.1 Å². The van der Waals surface area contributed by atoms with E-state index in [1.165, 1.54) is 5.57 Å². The van der Waals surface area contributed by atoms with Gasteiger partial charge in [0.05, 0.1) is 5.69 Å². The number of hydrogen-bond acceptors (Lipinski definition) is 5. The van der Waals surface area contributed by atoms with Crippen LogP contribution in [0.25, 0.3) is 28.5 Å². The Bertz CT molecular complexity index is 1350. The van der Waals surface area contributed by atoms with Gasteiger partial charge in [0.25, 0.3) is 0 Å². The molecule has 3 aromatic rings. The minimum Gasteiger partial charge on any atom is -0.465 e. The SMILES string of the molecule is Cn1c(-c2ccc(C(N)=O)cc2)nc(-c2ccccn2)c1C1=COC=C(CC2=CC=CCC2)O1. The highest BCUT2D eigenvalue weighted by atomic mass is 16.5. The van der Waals surface area contributed by atoms with Gasteiger partial charge in [-0.3, -0.25) is 9.78 Å². The highest BCUT2D eigenvalue weighted by Gasteiger charge is 2.25. The summed E-state index contributed by atoms with van der Waals surface area (Å²) in [5.41, 5.74) is 10.1. The molecule has 3 heterocycles. The van der Waals surface area contributed by atoms with Crippen LogP contribution in [0, 0.1) is 0 Å². The largest absolute Gasteiger partial charge is 0.465 e. The lowest BCUT2D eigenvalue weighted by molar-refractivity contribution is 0.100. The molecule has 34 heavy (non-hydrogen) atoms. The molecule has 0 saturated carbocycles. The number of aromatic nitrogens is 3. The Hall–Kier alpha value is -4.39. The van der Waals surface area contributed by atoms with E-state index < -0.39 is 5.91 Å². The number of nitrogens with two attached hydrogens (primary N) is 1. The third kappa shape index (κ3) is 4.28. The van der Waals surface area contributed by atoms with Crippen LogP contribution in [0.5, 0.6) is 0 Å². The first-order valence-electron chi connectivity index (χ1n) is 11.1. The molecule has 0 spiro atoms. The van der Waals surface area contributed by atoms with Crippen molar-refractivity contribution in [3.05, 3.63) is 102 Å². The highest BCUT2D eigenvalue weighted by molar-refractivity contribution is 5.93. The van der Waals surface area contributed by atoms with Crippen molar-refractivity contribution in [2.75, 3.05) is 0 Å². The lowest BCUT2D eigenvalue weighted by atomic mass is 10.0. The second-order valence-corrected chi connectivity index (χ2v) is 8.12. The first-order chi connectivity index (χ1) is 16.6. The number of pyridine rings is 1. The quantitative estimate of drug-likeness (QED) is 0.562. The van der Waals surface area contributed by atoms with Crippen molar-refractivity contribution in [2.24, 2.45) is 12.8 Å². The number of ether oxygens (including phenoxy) is 2. The van der Waals surface area contributed by atoms with E-state index in [0.717, 1.165) is 29.9 Å². The molecule has 7 nitrogen and oxygen atoms in total. The van der Waals surface area contributed by atoms with Crippen LogP contribution in [0.3, 0.4) is 0 Å². The average molecular weight is 453 g/mol. The lowest BCUT2D eigenvalue weighted by Crippen LogP contribution is -2.10. The maximum absolute atomic E-state index is 11.5. The fourth-order valence-corrected chi connectivity index (χ4v) is 4.07. The van der Waals surface area contributed by atoms with Crippen LogP contribution in [0.2, 0.25) is 0 Å². The first-order valence-corrected chi connectivity index (χ1v) is 11.1. The summed E-state index contributed by atoms with van der Waals surface area (Å²) in [6.45, 7) is 0. The third-order valence-electron chi connectivity index (χ3n) is 5.78. The van der Waals surface area contributed by atoms with Gasteiger partial charge in [-0.15, -0.1) is 0 Å². The van der Waals surface area contributed by atoms with Crippen LogP contribution in [0.4, 0.5) is 0 Å². The molecule has 1 aliphatic heterocycles. The summed E-state index contributed by atoms with van der Waals surface area (Å²) in [6, 6.07) is 12.7. The summed E-state index contributed by atoms with van der Waals surface area (Å²) >= 11 is 0. The van der Waals surface area contributed by atoms with Crippen LogP contribution in [-0.2, 0) is 16.5 Å². The van der Waals surface area contributed by atoms with Crippen molar-refractivity contribution < 1.29 is 14.3 Å². The Balaban J connectivity index is 1.53. The molecular formula is C27H24N4O3. The summed E-state index contributed by atoms with van der Waals surface area (Å²) in [6.07, 6.45) is 14.0. The standard InChI is InChI=1S/C27H24N4O3/c1-31-25(23-17-33-16-21(34-23)15-18-7-3-2-4-8-18)24(22-9-5-6-14-29-22)30-27(31)20-12-10-19(11-13-20)26(28)32/h2-3,5-7,9-14,16-17H,4,8,15H2,1H3,(H2,28,32). The highest BCUT2D eigenvalue weighted by Crippen LogP contribution is 2.36. The third-order valence-corrected chi connectivity index (χ3v) is 5.78. The predicted octanol–water partition coefficient (Wildman–Crippen LogP) is 5.10. The van der Waals surface area contributed by atoms with E-state index in [1.807, 2.05) is 41.9 Å². The molecule has 7 heteroatoms. The number of allylic oxidation sites excluding steroid dienone is 4. The van der Waals surface area contributed by atoms with Crippen molar-refractivity contribution in [3.8, 4) is 22.8 Å². The Morgan fingerprint density at radius 1 is 1.15 bits per heavy atom. The molecule has 0 fully saturated rings. The van der Waals surface area contributed by atoms with E-state index in [0.29, 0.717) is 35.0 Å². The van der Waals surface area contributed by atoms with Crippen LogP contribution in [0.15, 0.2) is 90.7 Å². The Labute approximate surface area is 197 Å². The summed E-state index contributed by atoms with van der Waals surface area (Å²) in [5, 5.41) is 0. The number of nitrogens with zero attached hydrogens (tertiary/aromatic N) is 3. The molecule has 2 N–H and O–H groups in total. The Morgan fingerprint density at radius 3 is 2.71 bits per heavy atom. The van der Waals surface area contributed by atoms with Gasteiger partial charge < -0.3 is 19.8 Å². The average Bonchev–Trinajstić information content (AvgIpc) is 3.22. The number of primary amides is 1. The molecule has 0 atom stereocenters. The van der Waals surface area contributed by atoms with Crippen molar-refractivity contribution in [3.63, 3.8) is 0 Å². The number of imidazole rings is 1. The zero-order valence-electron chi connectivity index (χ0n) is 18.8. The van der Waals surface area contributed by atoms with Crippen LogP contribution < -0.4 is 5.73 Å². The summed E-state index contributed by atoms with van der Waals surface area (Å²) in [5.74, 6) is 1.52. The minimum atomic E-state index is -0.470. The predicted molar refractivity (Wildman–Crippen MR) is 130 cm³/mol. The van der Waals surface area contributed by atoms with Crippen LogP contribution in [-0.4, -0.2) is 20.4 Å². The minimum absolute atomic E-state index is 0.441. The van der Waals surface area contributed by atoms with Crippen molar-refractivity contribution in [2.45, 2.75) is 19.3 Å². The van der Waals surface area contributed by atoms with Gasteiger partial charge in [-0.1, -0.05) is 42.0 Å². The molecule has 0 unspecified atom stereocenters. The van der Waals surface area contributed by atoms with Crippen LogP contribution in [0.1, 0.15) is 35.3 Å². The zero-order chi connectivity index (χ0) is 23.5. The first kappa shape index (κ1) is 21.5. The molecule has 170 valence electrons. The van der Waals surface area contributed by atoms with Crippen LogP contribution >= 0.6 is 0 Å².